The van der Waals surface area contributed by atoms with Crippen molar-refractivity contribution in [1.29, 1.82) is 0 Å². The average Bonchev–Trinajstić information content (AvgIpc) is 2.92. The van der Waals surface area contributed by atoms with Crippen LogP contribution >= 0.6 is 0 Å². The minimum absolute atomic E-state index is 0.106. The number of nitrogens with one attached hydrogen (secondary N) is 1. The minimum atomic E-state index is -0.984. The van der Waals surface area contributed by atoms with Crippen molar-refractivity contribution < 1.29 is 24.0 Å². The largest absolute Gasteiger partial charge is 0.449 e. The predicted molar refractivity (Wildman–Crippen MR) is 77.1 cm³/mol. The van der Waals surface area contributed by atoms with E-state index in [0.29, 0.717) is 16.9 Å². The summed E-state index contributed by atoms with van der Waals surface area (Å²) in [6, 6.07) is 7.83. The molecule has 0 radical (unpaired) electrons. The van der Waals surface area contributed by atoms with Gasteiger partial charge in [-0.2, -0.15) is 0 Å². The fourth-order valence-corrected chi connectivity index (χ4v) is 1.68. The topological polar surface area (TPSA) is 102 Å². The molecule has 0 saturated heterocycles. The molecule has 7 nitrogen and oxygen atoms in total. The zero-order chi connectivity index (χ0) is 16.1. The lowest BCUT2D eigenvalue weighted by Gasteiger charge is -2.12. The predicted octanol–water partition coefficient (Wildman–Crippen LogP) is 1.66. The van der Waals surface area contributed by atoms with E-state index in [1.54, 1.807) is 25.1 Å². The van der Waals surface area contributed by atoms with Gasteiger partial charge in [-0.1, -0.05) is 17.3 Å². The van der Waals surface area contributed by atoms with Crippen LogP contribution in [0.4, 0.5) is 5.82 Å². The Morgan fingerprint density at radius 1 is 1.36 bits per heavy atom. The van der Waals surface area contributed by atoms with Crippen LogP contribution in [0.5, 0.6) is 0 Å². The van der Waals surface area contributed by atoms with Crippen LogP contribution < -0.4 is 5.32 Å². The molecule has 2 rings (SSSR count). The number of aryl methyl sites for hydroxylation is 1. The van der Waals surface area contributed by atoms with Gasteiger partial charge >= 0.3 is 5.97 Å². The number of hydrogen-bond acceptors (Lipinski definition) is 6. The van der Waals surface area contributed by atoms with Gasteiger partial charge in [0.2, 0.25) is 0 Å². The number of aliphatic hydroxyl groups is 1. The van der Waals surface area contributed by atoms with Crippen LogP contribution in [0.2, 0.25) is 0 Å². The molecule has 0 aliphatic rings. The van der Waals surface area contributed by atoms with E-state index in [0.717, 1.165) is 0 Å². The van der Waals surface area contributed by atoms with E-state index < -0.39 is 18.0 Å². The first-order valence-corrected chi connectivity index (χ1v) is 6.64. The summed E-state index contributed by atoms with van der Waals surface area (Å²) < 4.78 is 9.90. The third-order valence-corrected chi connectivity index (χ3v) is 2.90. The first-order chi connectivity index (χ1) is 10.5. The monoisotopic (exact) mass is 304 g/mol. The van der Waals surface area contributed by atoms with E-state index in [1.165, 1.54) is 19.1 Å². The molecule has 0 saturated carbocycles. The highest BCUT2D eigenvalue weighted by molar-refractivity contribution is 5.96. The molecule has 1 atom stereocenters. The standard InChI is InChI=1S/C15H16N2O5/c1-9-7-13(17-22-9)16-14(19)10(2)21-15(20)12-5-3-11(8-18)4-6-12/h3-7,10,18H,8H2,1-2H3,(H,16,17,19)/t10-/m1/s1. The van der Waals surface area contributed by atoms with Crippen molar-refractivity contribution >= 4 is 17.7 Å². The zero-order valence-electron chi connectivity index (χ0n) is 12.2. The number of carbonyl (C=O) groups is 2. The van der Waals surface area contributed by atoms with Gasteiger partial charge in [0.1, 0.15) is 5.76 Å². The molecule has 0 aliphatic heterocycles. The van der Waals surface area contributed by atoms with Crippen LogP contribution in [0.1, 0.15) is 28.6 Å². The number of rotatable bonds is 5. The first-order valence-electron chi connectivity index (χ1n) is 6.64. The molecule has 1 heterocycles. The van der Waals surface area contributed by atoms with Crippen LogP contribution in [0.25, 0.3) is 0 Å². The lowest BCUT2D eigenvalue weighted by Crippen LogP contribution is -2.30. The van der Waals surface area contributed by atoms with Gasteiger partial charge in [-0.05, 0) is 31.5 Å². The molecule has 7 heteroatoms. The number of aromatic nitrogens is 1. The number of aliphatic hydroxyl groups excluding tert-OH is 1. The van der Waals surface area contributed by atoms with Crippen molar-refractivity contribution in [3.63, 3.8) is 0 Å². The summed E-state index contributed by atoms with van der Waals surface area (Å²) >= 11 is 0. The Balaban J connectivity index is 1.93. The van der Waals surface area contributed by atoms with E-state index in [9.17, 15) is 9.59 Å². The van der Waals surface area contributed by atoms with Gasteiger partial charge < -0.3 is 19.7 Å². The Morgan fingerprint density at radius 2 is 2.05 bits per heavy atom. The Hall–Kier alpha value is -2.67. The molecule has 0 aliphatic carbocycles. The molecule has 2 N–H and O–H groups in total. The van der Waals surface area contributed by atoms with Crippen molar-refractivity contribution in [2.75, 3.05) is 5.32 Å². The summed E-state index contributed by atoms with van der Waals surface area (Å²) in [6.45, 7) is 3.05. The maximum Gasteiger partial charge on any atom is 0.338 e. The minimum Gasteiger partial charge on any atom is -0.449 e. The maximum absolute atomic E-state index is 11.9. The van der Waals surface area contributed by atoms with Crippen molar-refractivity contribution in [2.24, 2.45) is 0 Å². The van der Waals surface area contributed by atoms with E-state index in [-0.39, 0.29) is 12.4 Å². The molecule has 2 aromatic rings. The van der Waals surface area contributed by atoms with Gasteiger partial charge in [0, 0.05) is 6.07 Å². The van der Waals surface area contributed by atoms with Crippen LogP contribution in [0.15, 0.2) is 34.9 Å². The molecule has 0 spiro atoms. The summed E-state index contributed by atoms with van der Waals surface area (Å²) in [7, 11) is 0. The van der Waals surface area contributed by atoms with Gasteiger partial charge in [0.15, 0.2) is 11.9 Å². The highest BCUT2D eigenvalue weighted by Gasteiger charge is 2.20. The van der Waals surface area contributed by atoms with E-state index in [4.69, 9.17) is 14.4 Å². The number of ether oxygens (including phenoxy) is 1. The summed E-state index contributed by atoms with van der Waals surface area (Å²) in [5.74, 6) is -0.307. The third kappa shape index (κ3) is 3.92. The number of nitrogens with zero attached hydrogens (tertiary/aromatic N) is 1. The Labute approximate surface area is 126 Å². The number of esters is 1. The van der Waals surface area contributed by atoms with Crippen molar-refractivity contribution in [3.05, 3.63) is 47.2 Å². The molecular formula is C15H16N2O5. The first kappa shape index (κ1) is 15.7. The van der Waals surface area contributed by atoms with Crippen LogP contribution in [0, 0.1) is 6.92 Å². The van der Waals surface area contributed by atoms with E-state index in [1.807, 2.05) is 0 Å². The summed E-state index contributed by atoms with van der Waals surface area (Å²) in [5, 5.41) is 15.1. The Bertz CT molecular complexity index is 663. The van der Waals surface area contributed by atoms with Gasteiger partial charge in [-0.25, -0.2) is 4.79 Å². The molecule has 0 fully saturated rings. The van der Waals surface area contributed by atoms with Crippen molar-refractivity contribution in [2.45, 2.75) is 26.6 Å². The fourth-order valence-electron chi connectivity index (χ4n) is 1.68. The number of amides is 1. The van der Waals surface area contributed by atoms with Crippen molar-refractivity contribution in [1.82, 2.24) is 5.16 Å². The highest BCUT2D eigenvalue weighted by atomic mass is 16.5. The number of carbonyl (C=O) groups excluding carboxylic acids is 2. The quantitative estimate of drug-likeness (QED) is 0.815. The van der Waals surface area contributed by atoms with Gasteiger partial charge in [-0.15, -0.1) is 0 Å². The third-order valence-electron chi connectivity index (χ3n) is 2.90. The number of hydrogen-bond donors (Lipinski definition) is 2. The second-order valence-corrected chi connectivity index (χ2v) is 4.71. The lowest BCUT2D eigenvalue weighted by molar-refractivity contribution is -0.123. The molecule has 116 valence electrons. The number of anilines is 1. The molecule has 1 aromatic heterocycles. The maximum atomic E-state index is 11.9. The second kappa shape index (κ2) is 6.86. The number of benzene rings is 1. The highest BCUT2D eigenvalue weighted by Crippen LogP contribution is 2.10. The van der Waals surface area contributed by atoms with Crippen molar-refractivity contribution in [3.8, 4) is 0 Å². The summed E-state index contributed by atoms with van der Waals surface area (Å²) in [5.41, 5.74) is 0.984. The lowest BCUT2D eigenvalue weighted by atomic mass is 10.1. The van der Waals surface area contributed by atoms with Gasteiger partial charge in [0.25, 0.3) is 5.91 Å². The Morgan fingerprint density at radius 3 is 2.59 bits per heavy atom. The van der Waals surface area contributed by atoms with Crippen LogP contribution in [0.3, 0.4) is 0 Å². The second-order valence-electron chi connectivity index (χ2n) is 4.71. The molecule has 0 bridgehead atoms. The molecule has 22 heavy (non-hydrogen) atoms. The van der Waals surface area contributed by atoms with Gasteiger partial charge in [-0.3, -0.25) is 4.79 Å². The zero-order valence-corrected chi connectivity index (χ0v) is 12.2. The molecule has 0 unspecified atom stereocenters. The van der Waals surface area contributed by atoms with E-state index >= 15 is 0 Å². The van der Waals surface area contributed by atoms with E-state index in [2.05, 4.69) is 10.5 Å². The average molecular weight is 304 g/mol. The fraction of sp³-hybridized carbons (Fsp3) is 0.267. The SMILES string of the molecule is Cc1cc(NC(=O)[C@@H](C)OC(=O)c2ccc(CO)cc2)no1. The van der Waals surface area contributed by atoms with Crippen LogP contribution in [-0.4, -0.2) is 28.2 Å². The summed E-state index contributed by atoms with van der Waals surface area (Å²) in [4.78, 5) is 23.8. The molecule has 1 aromatic carbocycles. The van der Waals surface area contributed by atoms with Gasteiger partial charge in [0.05, 0.1) is 12.2 Å². The Kier molecular flexibility index (Phi) is 4.90. The molecule has 1 amide bonds. The normalized spacial score (nSPS) is 11.8. The summed E-state index contributed by atoms with van der Waals surface area (Å²) in [6.07, 6.45) is -0.984. The smallest absolute Gasteiger partial charge is 0.338 e. The molecular weight excluding hydrogens is 288 g/mol. The van der Waals surface area contributed by atoms with Crippen LogP contribution in [-0.2, 0) is 16.1 Å².